The van der Waals surface area contributed by atoms with Gasteiger partial charge in [-0.05, 0) is 48.9 Å². The maximum Gasteiger partial charge on any atom is 0.119 e. The zero-order valence-corrected chi connectivity index (χ0v) is 14.6. The molecule has 124 valence electrons. The van der Waals surface area contributed by atoms with Crippen LogP contribution in [0.15, 0.2) is 54.9 Å². The average molecular weight is 339 g/mol. The molecule has 24 heavy (non-hydrogen) atoms. The first kappa shape index (κ1) is 16.6. The summed E-state index contributed by atoms with van der Waals surface area (Å²) in [5, 5.41) is 4.53. The molecule has 0 bridgehead atoms. The molecule has 0 saturated heterocycles. The first-order valence-electron chi connectivity index (χ1n) is 8.13. The minimum absolute atomic E-state index is 0.689. The van der Waals surface area contributed by atoms with Gasteiger partial charge in [-0.2, -0.15) is 0 Å². The van der Waals surface area contributed by atoms with Gasteiger partial charge in [0.1, 0.15) is 10.8 Å². The SMILES string of the molecule is CCOc1ccc(-c2cnc(CNCCc3ccccn3)s2)cc1. The zero-order valence-electron chi connectivity index (χ0n) is 13.7. The van der Waals surface area contributed by atoms with Crippen molar-refractivity contribution in [3.63, 3.8) is 0 Å². The van der Waals surface area contributed by atoms with Crippen LogP contribution in [0.4, 0.5) is 0 Å². The van der Waals surface area contributed by atoms with Gasteiger partial charge < -0.3 is 10.1 Å². The highest BCUT2D eigenvalue weighted by Gasteiger charge is 2.05. The van der Waals surface area contributed by atoms with E-state index >= 15 is 0 Å². The van der Waals surface area contributed by atoms with Crippen molar-refractivity contribution in [1.82, 2.24) is 15.3 Å². The first-order chi connectivity index (χ1) is 11.8. The lowest BCUT2D eigenvalue weighted by molar-refractivity contribution is 0.340. The van der Waals surface area contributed by atoms with E-state index in [2.05, 4.69) is 33.5 Å². The van der Waals surface area contributed by atoms with Crippen LogP contribution in [-0.2, 0) is 13.0 Å². The highest BCUT2D eigenvalue weighted by molar-refractivity contribution is 7.15. The molecule has 0 spiro atoms. The topological polar surface area (TPSA) is 47.0 Å². The minimum atomic E-state index is 0.689. The molecule has 3 aromatic rings. The lowest BCUT2D eigenvalue weighted by Gasteiger charge is -2.03. The van der Waals surface area contributed by atoms with Gasteiger partial charge in [-0.15, -0.1) is 11.3 Å². The van der Waals surface area contributed by atoms with E-state index in [9.17, 15) is 0 Å². The van der Waals surface area contributed by atoms with Gasteiger partial charge in [0.2, 0.25) is 0 Å². The molecule has 4 nitrogen and oxygen atoms in total. The average Bonchev–Trinajstić information content (AvgIpc) is 3.10. The lowest BCUT2D eigenvalue weighted by Crippen LogP contribution is -2.16. The normalized spacial score (nSPS) is 10.7. The predicted octanol–water partition coefficient (Wildman–Crippen LogP) is 3.94. The Balaban J connectivity index is 1.50. The number of rotatable bonds is 8. The van der Waals surface area contributed by atoms with Crippen LogP contribution in [0, 0.1) is 0 Å². The van der Waals surface area contributed by atoms with Gasteiger partial charge in [-0.25, -0.2) is 4.98 Å². The van der Waals surface area contributed by atoms with Crippen molar-refractivity contribution in [1.29, 1.82) is 0 Å². The second kappa shape index (κ2) is 8.57. The summed E-state index contributed by atoms with van der Waals surface area (Å²) >= 11 is 1.72. The summed E-state index contributed by atoms with van der Waals surface area (Å²) in [7, 11) is 0. The second-order valence-corrected chi connectivity index (χ2v) is 6.44. The van der Waals surface area contributed by atoms with Gasteiger partial charge in [0.25, 0.3) is 0 Å². The molecule has 5 heteroatoms. The molecule has 0 unspecified atom stereocenters. The number of nitrogens with zero attached hydrogens (tertiary/aromatic N) is 2. The number of nitrogens with one attached hydrogen (secondary N) is 1. The molecule has 0 amide bonds. The molecule has 0 atom stereocenters. The van der Waals surface area contributed by atoms with E-state index < -0.39 is 0 Å². The van der Waals surface area contributed by atoms with E-state index in [1.165, 1.54) is 10.4 Å². The summed E-state index contributed by atoms with van der Waals surface area (Å²) in [6, 6.07) is 14.2. The molecule has 0 aliphatic heterocycles. The molecule has 1 aromatic carbocycles. The molecule has 2 aromatic heterocycles. The maximum atomic E-state index is 5.48. The van der Waals surface area contributed by atoms with Gasteiger partial charge in [0, 0.05) is 37.6 Å². The number of pyridine rings is 1. The Morgan fingerprint density at radius 1 is 1.08 bits per heavy atom. The monoisotopic (exact) mass is 339 g/mol. The van der Waals surface area contributed by atoms with E-state index in [1.54, 1.807) is 11.3 Å². The van der Waals surface area contributed by atoms with Crippen LogP contribution in [-0.4, -0.2) is 23.1 Å². The first-order valence-corrected chi connectivity index (χ1v) is 8.95. The predicted molar refractivity (Wildman–Crippen MR) is 98.4 cm³/mol. The molecular weight excluding hydrogens is 318 g/mol. The quantitative estimate of drug-likeness (QED) is 0.632. The highest BCUT2D eigenvalue weighted by Crippen LogP contribution is 2.27. The summed E-state index contributed by atoms with van der Waals surface area (Å²) in [5.41, 5.74) is 2.29. The smallest absolute Gasteiger partial charge is 0.119 e. The highest BCUT2D eigenvalue weighted by atomic mass is 32.1. The standard InChI is InChI=1S/C19H21N3OS/c1-2-23-17-8-6-15(7-9-17)18-13-22-19(24-18)14-20-12-10-16-5-3-4-11-21-16/h3-9,11,13,20H,2,10,12,14H2,1H3. The fraction of sp³-hybridized carbons (Fsp3) is 0.263. The minimum Gasteiger partial charge on any atom is -0.494 e. The Bertz CT molecular complexity index is 741. The molecule has 0 radical (unpaired) electrons. The molecule has 0 saturated carbocycles. The van der Waals surface area contributed by atoms with Crippen LogP contribution in [0.25, 0.3) is 10.4 Å². The maximum absolute atomic E-state index is 5.48. The van der Waals surface area contributed by atoms with Crippen molar-refractivity contribution in [2.24, 2.45) is 0 Å². The van der Waals surface area contributed by atoms with Crippen LogP contribution in [0.5, 0.6) is 5.75 Å². The van der Waals surface area contributed by atoms with Gasteiger partial charge in [0.15, 0.2) is 0 Å². The zero-order chi connectivity index (χ0) is 16.6. The van der Waals surface area contributed by atoms with Crippen LogP contribution >= 0.6 is 11.3 Å². The van der Waals surface area contributed by atoms with E-state index in [0.29, 0.717) is 6.61 Å². The van der Waals surface area contributed by atoms with Crippen molar-refractivity contribution in [2.75, 3.05) is 13.2 Å². The number of thiazole rings is 1. The third-order valence-corrected chi connectivity index (χ3v) is 4.61. The lowest BCUT2D eigenvalue weighted by atomic mass is 10.2. The Labute approximate surface area is 146 Å². The van der Waals surface area contributed by atoms with Gasteiger partial charge in [0.05, 0.1) is 11.5 Å². The molecule has 1 N–H and O–H groups in total. The number of ether oxygens (including phenoxy) is 1. The molecule has 0 aliphatic carbocycles. The van der Waals surface area contributed by atoms with Crippen LogP contribution in [0.3, 0.4) is 0 Å². The molecular formula is C19H21N3OS. The van der Waals surface area contributed by atoms with Crippen molar-refractivity contribution >= 4 is 11.3 Å². The van der Waals surface area contributed by atoms with E-state index in [0.717, 1.165) is 36.0 Å². The Kier molecular flexibility index (Phi) is 5.93. The van der Waals surface area contributed by atoms with Gasteiger partial charge in [-0.3, -0.25) is 4.98 Å². The number of aromatic nitrogens is 2. The van der Waals surface area contributed by atoms with Crippen molar-refractivity contribution in [3.8, 4) is 16.2 Å². The van der Waals surface area contributed by atoms with E-state index in [4.69, 9.17) is 4.74 Å². The van der Waals surface area contributed by atoms with Gasteiger partial charge in [-0.1, -0.05) is 6.07 Å². The van der Waals surface area contributed by atoms with Crippen LogP contribution in [0.1, 0.15) is 17.6 Å². The molecule has 2 heterocycles. The third-order valence-electron chi connectivity index (χ3n) is 3.56. The van der Waals surface area contributed by atoms with Gasteiger partial charge >= 0.3 is 0 Å². The largest absolute Gasteiger partial charge is 0.494 e. The van der Waals surface area contributed by atoms with E-state index in [1.807, 2.05) is 43.6 Å². The summed E-state index contributed by atoms with van der Waals surface area (Å²) in [5.74, 6) is 0.905. The Hall–Kier alpha value is -2.24. The second-order valence-electron chi connectivity index (χ2n) is 5.32. The number of benzene rings is 1. The Morgan fingerprint density at radius 2 is 1.96 bits per heavy atom. The van der Waals surface area contributed by atoms with E-state index in [-0.39, 0.29) is 0 Å². The summed E-state index contributed by atoms with van der Waals surface area (Å²) in [4.78, 5) is 10.0. The van der Waals surface area contributed by atoms with Crippen LogP contribution in [0.2, 0.25) is 0 Å². The van der Waals surface area contributed by atoms with Crippen molar-refractivity contribution < 1.29 is 4.74 Å². The number of hydrogen-bond donors (Lipinski definition) is 1. The molecule has 0 aliphatic rings. The fourth-order valence-corrected chi connectivity index (χ4v) is 3.26. The fourth-order valence-electron chi connectivity index (χ4n) is 2.37. The van der Waals surface area contributed by atoms with Crippen LogP contribution < -0.4 is 10.1 Å². The summed E-state index contributed by atoms with van der Waals surface area (Å²) in [6.45, 7) is 4.36. The Morgan fingerprint density at radius 3 is 2.71 bits per heavy atom. The van der Waals surface area contributed by atoms with Crippen molar-refractivity contribution in [2.45, 2.75) is 19.9 Å². The molecule has 3 rings (SSSR count). The number of hydrogen-bond acceptors (Lipinski definition) is 5. The third kappa shape index (κ3) is 4.63. The molecule has 0 fully saturated rings. The summed E-state index contributed by atoms with van der Waals surface area (Å²) < 4.78 is 5.48. The summed E-state index contributed by atoms with van der Waals surface area (Å²) in [6.07, 6.45) is 4.70. The van der Waals surface area contributed by atoms with Crippen molar-refractivity contribution in [3.05, 3.63) is 65.6 Å².